The maximum Gasteiger partial charge on any atom is 0.350 e. The van der Waals surface area contributed by atoms with Gasteiger partial charge in [0, 0.05) is 5.92 Å². The highest BCUT2D eigenvalue weighted by Crippen LogP contribution is 2.47. The van der Waals surface area contributed by atoms with Gasteiger partial charge in [-0.2, -0.15) is 5.10 Å². The van der Waals surface area contributed by atoms with E-state index in [4.69, 9.17) is 9.84 Å². The first-order valence-corrected chi connectivity index (χ1v) is 12.5. The maximum atomic E-state index is 13.7. The van der Waals surface area contributed by atoms with E-state index in [0.29, 0.717) is 15.7 Å². The van der Waals surface area contributed by atoms with E-state index in [9.17, 15) is 13.6 Å². The van der Waals surface area contributed by atoms with Gasteiger partial charge in [-0.1, -0.05) is 35.6 Å². The van der Waals surface area contributed by atoms with E-state index in [1.165, 1.54) is 35.6 Å². The molecule has 5 rings (SSSR count). The Bertz CT molecular complexity index is 1300. The molecule has 0 spiro atoms. The van der Waals surface area contributed by atoms with Crippen molar-refractivity contribution in [2.75, 3.05) is 11.6 Å². The van der Waals surface area contributed by atoms with Crippen LogP contribution in [0.15, 0.2) is 59.2 Å². The number of halogens is 2. The molecule has 35 heavy (non-hydrogen) atoms. The number of esters is 1. The van der Waals surface area contributed by atoms with E-state index in [2.05, 4.69) is 11.1 Å². The number of thiazole rings is 1. The average Bonchev–Trinajstić information content (AvgIpc) is 3.43. The molecule has 2 atom stereocenters. The third-order valence-corrected chi connectivity index (χ3v) is 7.49. The number of aromatic nitrogens is 1. The first-order chi connectivity index (χ1) is 16.9. The van der Waals surface area contributed by atoms with Crippen LogP contribution in [0, 0.1) is 24.5 Å². The van der Waals surface area contributed by atoms with Crippen molar-refractivity contribution >= 4 is 34.2 Å². The van der Waals surface area contributed by atoms with Gasteiger partial charge >= 0.3 is 5.97 Å². The molecule has 1 saturated carbocycles. The molecule has 0 saturated heterocycles. The van der Waals surface area contributed by atoms with Crippen LogP contribution in [0.2, 0.25) is 0 Å². The van der Waals surface area contributed by atoms with Crippen molar-refractivity contribution in [1.29, 1.82) is 0 Å². The molecule has 0 N–H and O–H groups in total. The summed E-state index contributed by atoms with van der Waals surface area (Å²) in [5.41, 5.74) is 4.50. The van der Waals surface area contributed by atoms with Gasteiger partial charge in [-0.05, 0) is 80.2 Å². The highest BCUT2D eigenvalue weighted by Gasteiger charge is 2.43. The number of anilines is 1. The fourth-order valence-corrected chi connectivity index (χ4v) is 5.73. The zero-order valence-corrected chi connectivity index (χ0v) is 20.3. The topological polar surface area (TPSA) is 54.8 Å². The van der Waals surface area contributed by atoms with Crippen LogP contribution in [-0.2, 0) is 4.74 Å². The number of fused-ring (bicyclic) bond motifs is 1. The molecule has 2 aromatic carbocycles. The zero-order valence-electron chi connectivity index (χ0n) is 19.5. The lowest BCUT2D eigenvalue weighted by Gasteiger charge is -2.29. The number of hydrogen-bond donors (Lipinski definition) is 0. The number of hydrazone groups is 1. The summed E-state index contributed by atoms with van der Waals surface area (Å²) in [7, 11) is 0. The zero-order chi connectivity index (χ0) is 24.5. The average molecular weight is 494 g/mol. The molecular weight excluding hydrogens is 468 g/mol. The number of aryl methyl sites for hydroxylation is 1. The molecule has 8 heteroatoms. The summed E-state index contributed by atoms with van der Waals surface area (Å²) in [5.74, 6) is -0.884. The molecule has 1 aromatic heterocycles. The summed E-state index contributed by atoms with van der Waals surface area (Å²) in [6.07, 6.45) is 4.83. The van der Waals surface area contributed by atoms with E-state index in [-0.39, 0.29) is 30.2 Å². The standard InChI is InChI=1S/C27H25F2N3O2S/c1-3-34-26(33)25-16(2)30-27(35-25)32-24(18-9-13-21(29)14-10-18)22-6-4-5-19(23(22)31-32)15-17-7-11-20(28)12-8-17/h7-15,22,24H,3-6H2,1-2H3/b19-15-/t22-,24-/m1/s1. The number of carbonyl (C=O) groups is 1. The molecule has 5 nitrogen and oxygen atoms in total. The number of allylic oxidation sites excluding steroid dienone is 1. The van der Waals surface area contributed by atoms with Crippen molar-refractivity contribution in [2.24, 2.45) is 11.0 Å². The Kier molecular flexibility index (Phi) is 6.47. The molecule has 0 bridgehead atoms. The lowest BCUT2D eigenvalue weighted by Crippen LogP contribution is -2.28. The monoisotopic (exact) mass is 493 g/mol. The second-order valence-electron chi connectivity index (χ2n) is 8.68. The number of carbonyl (C=O) groups excluding carboxylic acids is 1. The molecule has 0 amide bonds. The minimum Gasteiger partial charge on any atom is -0.462 e. The van der Waals surface area contributed by atoms with E-state index in [1.54, 1.807) is 38.1 Å². The second-order valence-corrected chi connectivity index (χ2v) is 9.66. The van der Waals surface area contributed by atoms with Crippen LogP contribution >= 0.6 is 11.3 Å². The van der Waals surface area contributed by atoms with Gasteiger partial charge in [0.25, 0.3) is 0 Å². The summed E-state index contributed by atoms with van der Waals surface area (Å²) in [4.78, 5) is 17.6. The molecule has 0 unspecified atom stereocenters. The smallest absolute Gasteiger partial charge is 0.350 e. The molecule has 1 aliphatic heterocycles. The molecule has 2 heterocycles. The van der Waals surface area contributed by atoms with Gasteiger partial charge in [-0.25, -0.2) is 23.6 Å². The number of benzene rings is 2. The molecule has 1 aliphatic carbocycles. The Morgan fingerprint density at radius 3 is 2.51 bits per heavy atom. The highest BCUT2D eigenvalue weighted by atomic mass is 32.1. The van der Waals surface area contributed by atoms with E-state index in [1.807, 2.05) is 5.01 Å². The second kappa shape index (κ2) is 9.70. The summed E-state index contributed by atoms with van der Waals surface area (Å²) >= 11 is 1.26. The van der Waals surface area contributed by atoms with E-state index >= 15 is 0 Å². The first kappa shape index (κ1) is 23.4. The van der Waals surface area contributed by atoms with Gasteiger partial charge in [-0.3, -0.25) is 0 Å². The predicted molar refractivity (Wildman–Crippen MR) is 134 cm³/mol. The van der Waals surface area contributed by atoms with Crippen LogP contribution in [0.3, 0.4) is 0 Å². The third kappa shape index (κ3) is 4.62. The first-order valence-electron chi connectivity index (χ1n) is 11.7. The van der Waals surface area contributed by atoms with Crippen molar-refractivity contribution < 1.29 is 18.3 Å². The molecule has 0 radical (unpaired) electrons. The Balaban J connectivity index is 1.58. The summed E-state index contributed by atoms with van der Waals surface area (Å²) in [6.45, 7) is 3.84. The Morgan fingerprint density at radius 2 is 1.83 bits per heavy atom. The molecule has 1 fully saturated rings. The maximum absolute atomic E-state index is 13.7. The van der Waals surface area contributed by atoms with Gasteiger partial charge in [0.05, 0.1) is 24.1 Å². The van der Waals surface area contributed by atoms with Crippen LogP contribution in [0.25, 0.3) is 6.08 Å². The van der Waals surface area contributed by atoms with Crippen LogP contribution in [0.1, 0.15) is 58.7 Å². The summed E-state index contributed by atoms with van der Waals surface area (Å²) < 4.78 is 32.3. The number of hydrogen-bond acceptors (Lipinski definition) is 6. The third-order valence-electron chi connectivity index (χ3n) is 6.37. The quantitative estimate of drug-likeness (QED) is 0.371. The largest absolute Gasteiger partial charge is 0.462 e. The Labute approximate surface area is 206 Å². The molecular formula is C27H25F2N3O2S. The van der Waals surface area contributed by atoms with Crippen molar-refractivity contribution in [1.82, 2.24) is 4.98 Å². The van der Waals surface area contributed by atoms with Crippen molar-refractivity contribution in [3.8, 4) is 0 Å². The SMILES string of the molecule is CCOC(=O)c1sc(N2N=C3/C(=C\c4ccc(F)cc4)CCC[C@H]3[C@H]2c2ccc(F)cc2)nc1C. The van der Waals surface area contributed by atoms with Crippen LogP contribution in [-0.4, -0.2) is 23.3 Å². The minimum absolute atomic E-state index is 0.0798. The number of rotatable bonds is 5. The van der Waals surface area contributed by atoms with Crippen molar-refractivity contribution in [3.63, 3.8) is 0 Å². The molecule has 180 valence electrons. The van der Waals surface area contributed by atoms with E-state index in [0.717, 1.165) is 41.7 Å². The Morgan fingerprint density at radius 1 is 1.14 bits per heavy atom. The number of nitrogens with zero attached hydrogens (tertiary/aromatic N) is 3. The lowest BCUT2D eigenvalue weighted by molar-refractivity contribution is 0.0531. The van der Waals surface area contributed by atoms with Gasteiger partial charge in [0.1, 0.15) is 16.5 Å². The van der Waals surface area contributed by atoms with Crippen LogP contribution in [0.5, 0.6) is 0 Å². The summed E-state index contributed by atoms with van der Waals surface area (Å²) in [6, 6.07) is 12.7. The van der Waals surface area contributed by atoms with Crippen molar-refractivity contribution in [3.05, 3.63) is 87.4 Å². The van der Waals surface area contributed by atoms with Gasteiger partial charge in [0.15, 0.2) is 0 Å². The van der Waals surface area contributed by atoms with Crippen LogP contribution in [0.4, 0.5) is 13.9 Å². The van der Waals surface area contributed by atoms with Crippen LogP contribution < -0.4 is 5.01 Å². The fourth-order valence-electron chi connectivity index (χ4n) is 4.78. The lowest BCUT2D eigenvalue weighted by atomic mass is 9.77. The van der Waals surface area contributed by atoms with E-state index < -0.39 is 5.97 Å². The minimum atomic E-state index is -0.395. The van der Waals surface area contributed by atoms with Gasteiger partial charge in [0.2, 0.25) is 5.13 Å². The van der Waals surface area contributed by atoms with Crippen molar-refractivity contribution in [2.45, 2.75) is 39.2 Å². The molecule has 2 aliphatic rings. The molecule has 3 aromatic rings. The Hall–Kier alpha value is -3.39. The van der Waals surface area contributed by atoms with Gasteiger partial charge < -0.3 is 4.74 Å². The summed E-state index contributed by atoms with van der Waals surface area (Å²) in [5, 5.41) is 7.50. The predicted octanol–water partition coefficient (Wildman–Crippen LogP) is 6.71. The van der Waals surface area contributed by atoms with Gasteiger partial charge in [-0.15, -0.1) is 0 Å². The normalized spacial score (nSPS) is 20.6. The highest BCUT2D eigenvalue weighted by molar-refractivity contribution is 7.17. The number of ether oxygens (including phenoxy) is 1. The fraction of sp³-hybridized carbons (Fsp3) is 0.296.